The summed E-state index contributed by atoms with van der Waals surface area (Å²) in [4.78, 5) is 7.56. The number of hydrogen-bond donors (Lipinski definition) is 2. The topological polar surface area (TPSA) is 63.9 Å². The smallest absolute Gasteiger partial charge is 0.122 e. The molecule has 96 valence electrons. The number of nitrogens with one attached hydrogen (secondary N) is 1. The van der Waals surface area contributed by atoms with Crippen LogP contribution in [0.15, 0.2) is 36.7 Å². The number of hydrogen-bond acceptors (Lipinski definition) is 3. The number of ether oxygens (including phenoxy) is 1. The zero-order chi connectivity index (χ0) is 12.8. The third-order valence-electron chi connectivity index (χ3n) is 3.06. The monoisotopic (exact) mass is 245 g/mol. The number of H-pyrrole nitrogens is 1. The standard InChI is InChI=1S/C14H19N3O/c1-18-13-7-3-2-5-11(13)12(6-4-8-15)14-16-9-10-17-14/h2-3,5,7,9-10,12H,4,6,8,15H2,1H3,(H,16,17). The zero-order valence-electron chi connectivity index (χ0n) is 10.6. The predicted molar refractivity (Wildman–Crippen MR) is 71.7 cm³/mol. The maximum atomic E-state index is 5.62. The highest BCUT2D eigenvalue weighted by Crippen LogP contribution is 2.33. The van der Waals surface area contributed by atoms with Crippen molar-refractivity contribution in [1.82, 2.24) is 9.97 Å². The first kappa shape index (κ1) is 12.6. The van der Waals surface area contributed by atoms with Gasteiger partial charge in [-0.25, -0.2) is 4.98 Å². The van der Waals surface area contributed by atoms with Gasteiger partial charge in [0, 0.05) is 23.9 Å². The lowest BCUT2D eigenvalue weighted by molar-refractivity contribution is 0.405. The SMILES string of the molecule is COc1ccccc1C(CCCN)c1ncc[nH]1. The van der Waals surface area contributed by atoms with Gasteiger partial charge in [0.15, 0.2) is 0 Å². The highest BCUT2D eigenvalue weighted by molar-refractivity contribution is 5.39. The van der Waals surface area contributed by atoms with Gasteiger partial charge in [-0.15, -0.1) is 0 Å². The van der Waals surface area contributed by atoms with E-state index in [1.807, 2.05) is 24.4 Å². The van der Waals surface area contributed by atoms with Crippen molar-refractivity contribution in [3.8, 4) is 5.75 Å². The number of rotatable bonds is 6. The second-order valence-electron chi connectivity index (χ2n) is 4.20. The normalized spacial score (nSPS) is 12.3. The van der Waals surface area contributed by atoms with E-state index in [0.717, 1.165) is 30.0 Å². The molecule has 0 saturated heterocycles. The summed E-state index contributed by atoms with van der Waals surface area (Å²) in [6.07, 6.45) is 5.55. The molecule has 0 fully saturated rings. The van der Waals surface area contributed by atoms with E-state index in [0.29, 0.717) is 6.54 Å². The molecular formula is C14H19N3O. The van der Waals surface area contributed by atoms with Gasteiger partial charge in [0.25, 0.3) is 0 Å². The molecule has 0 saturated carbocycles. The third kappa shape index (κ3) is 2.71. The van der Waals surface area contributed by atoms with E-state index in [1.54, 1.807) is 13.3 Å². The summed E-state index contributed by atoms with van der Waals surface area (Å²) in [6, 6.07) is 8.07. The first-order chi connectivity index (χ1) is 8.86. The highest BCUT2D eigenvalue weighted by atomic mass is 16.5. The molecule has 2 aromatic rings. The number of nitrogens with zero attached hydrogens (tertiary/aromatic N) is 1. The molecule has 4 nitrogen and oxygen atoms in total. The van der Waals surface area contributed by atoms with Crippen molar-refractivity contribution in [3.63, 3.8) is 0 Å². The van der Waals surface area contributed by atoms with Crippen LogP contribution in [0.2, 0.25) is 0 Å². The van der Waals surface area contributed by atoms with Crippen LogP contribution in [0.5, 0.6) is 5.75 Å². The highest BCUT2D eigenvalue weighted by Gasteiger charge is 2.19. The number of benzene rings is 1. The van der Waals surface area contributed by atoms with Gasteiger partial charge in [0.05, 0.1) is 7.11 Å². The number of imidazole rings is 1. The summed E-state index contributed by atoms with van der Waals surface area (Å²) < 4.78 is 5.43. The Kier molecular flexibility index (Phi) is 4.36. The van der Waals surface area contributed by atoms with Crippen LogP contribution in [0.1, 0.15) is 30.1 Å². The van der Waals surface area contributed by atoms with Crippen molar-refractivity contribution in [2.45, 2.75) is 18.8 Å². The Hall–Kier alpha value is -1.81. The maximum absolute atomic E-state index is 5.62. The summed E-state index contributed by atoms with van der Waals surface area (Å²) in [5, 5.41) is 0. The van der Waals surface area contributed by atoms with Crippen molar-refractivity contribution in [2.24, 2.45) is 5.73 Å². The summed E-state index contributed by atoms with van der Waals surface area (Å²) in [6.45, 7) is 0.687. The maximum Gasteiger partial charge on any atom is 0.122 e. The minimum absolute atomic E-state index is 0.208. The zero-order valence-corrected chi connectivity index (χ0v) is 10.6. The number of methoxy groups -OCH3 is 1. The van der Waals surface area contributed by atoms with E-state index in [2.05, 4.69) is 16.0 Å². The van der Waals surface area contributed by atoms with Crippen LogP contribution in [0.4, 0.5) is 0 Å². The molecule has 0 spiro atoms. The Morgan fingerprint density at radius 3 is 2.89 bits per heavy atom. The molecule has 1 unspecified atom stereocenters. The van der Waals surface area contributed by atoms with E-state index in [4.69, 9.17) is 10.5 Å². The predicted octanol–water partition coefficient (Wildman–Crippen LogP) is 2.29. The summed E-state index contributed by atoms with van der Waals surface area (Å²) >= 11 is 0. The molecule has 0 aliphatic rings. The van der Waals surface area contributed by atoms with Crippen molar-refractivity contribution in [3.05, 3.63) is 48.0 Å². The van der Waals surface area contributed by atoms with Crippen LogP contribution in [-0.2, 0) is 0 Å². The van der Waals surface area contributed by atoms with E-state index >= 15 is 0 Å². The Balaban J connectivity index is 2.33. The molecule has 0 aliphatic heterocycles. The fourth-order valence-electron chi connectivity index (χ4n) is 2.18. The molecule has 2 rings (SSSR count). The molecule has 1 heterocycles. The second-order valence-corrected chi connectivity index (χ2v) is 4.20. The van der Waals surface area contributed by atoms with Crippen molar-refractivity contribution in [1.29, 1.82) is 0 Å². The molecule has 1 aromatic heterocycles. The third-order valence-corrected chi connectivity index (χ3v) is 3.06. The summed E-state index contributed by atoms with van der Waals surface area (Å²) in [5.41, 5.74) is 6.77. The quantitative estimate of drug-likeness (QED) is 0.820. The largest absolute Gasteiger partial charge is 0.496 e. The van der Waals surface area contributed by atoms with Gasteiger partial charge >= 0.3 is 0 Å². The van der Waals surface area contributed by atoms with Gasteiger partial charge in [-0.3, -0.25) is 0 Å². The molecule has 0 aliphatic carbocycles. The van der Waals surface area contributed by atoms with Crippen LogP contribution in [0, 0.1) is 0 Å². The Labute approximate surface area is 107 Å². The van der Waals surface area contributed by atoms with Gasteiger partial charge in [-0.05, 0) is 25.5 Å². The van der Waals surface area contributed by atoms with Gasteiger partial charge < -0.3 is 15.5 Å². The molecule has 0 amide bonds. The van der Waals surface area contributed by atoms with Gasteiger partial charge in [0.2, 0.25) is 0 Å². The first-order valence-corrected chi connectivity index (χ1v) is 6.19. The van der Waals surface area contributed by atoms with Crippen molar-refractivity contribution < 1.29 is 4.74 Å². The van der Waals surface area contributed by atoms with Gasteiger partial charge in [-0.1, -0.05) is 18.2 Å². The van der Waals surface area contributed by atoms with Gasteiger partial charge in [-0.2, -0.15) is 0 Å². The average molecular weight is 245 g/mol. The number of nitrogens with two attached hydrogens (primary N) is 1. The number of aromatic amines is 1. The fraction of sp³-hybridized carbons (Fsp3) is 0.357. The van der Waals surface area contributed by atoms with Crippen molar-refractivity contribution >= 4 is 0 Å². The minimum Gasteiger partial charge on any atom is -0.496 e. The lowest BCUT2D eigenvalue weighted by Crippen LogP contribution is -2.08. The van der Waals surface area contributed by atoms with E-state index in [-0.39, 0.29) is 5.92 Å². The van der Waals surface area contributed by atoms with Crippen LogP contribution < -0.4 is 10.5 Å². The molecule has 4 heteroatoms. The van der Waals surface area contributed by atoms with Crippen LogP contribution >= 0.6 is 0 Å². The minimum atomic E-state index is 0.208. The molecule has 18 heavy (non-hydrogen) atoms. The summed E-state index contributed by atoms with van der Waals surface area (Å²) in [5.74, 6) is 2.07. The molecule has 1 atom stereocenters. The van der Waals surface area contributed by atoms with Crippen LogP contribution in [-0.4, -0.2) is 23.6 Å². The molecule has 0 radical (unpaired) electrons. The fourth-order valence-corrected chi connectivity index (χ4v) is 2.18. The first-order valence-electron chi connectivity index (χ1n) is 6.19. The second kappa shape index (κ2) is 6.21. The van der Waals surface area contributed by atoms with Crippen molar-refractivity contribution in [2.75, 3.05) is 13.7 Å². The van der Waals surface area contributed by atoms with Crippen LogP contribution in [0.3, 0.4) is 0 Å². The molecular weight excluding hydrogens is 226 g/mol. The Morgan fingerprint density at radius 1 is 1.39 bits per heavy atom. The van der Waals surface area contributed by atoms with Gasteiger partial charge in [0.1, 0.15) is 11.6 Å². The summed E-state index contributed by atoms with van der Waals surface area (Å²) in [7, 11) is 1.70. The molecule has 0 bridgehead atoms. The molecule has 1 aromatic carbocycles. The lowest BCUT2D eigenvalue weighted by atomic mass is 9.92. The van der Waals surface area contributed by atoms with E-state index in [1.165, 1.54) is 0 Å². The number of para-hydroxylation sites is 1. The number of aromatic nitrogens is 2. The molecule has 3 N–H and O–H groups in total. The Bertz CT molecular complexity index is 468. The Morgan fingerprint density at radius 2 is 2.22 bits per heavy atom. The van der Waals surface area contributed by atoms with E-state index in [9.17, 15) is 0 Å². The lowest BCUT2D eigenvalue weighted by Gasteiger charge is -2.17. The van der Waals surface area contributed by atoms with Crippen LogP contribution in [0.25, 0.3) is 0 Å². The van der Waals surface area contributed by atoms with E-state index < -0.39 is 0 Å². The average Bonchev–Trinajstić information content (AvgIpc) is 2.94.